The molecule has 47 heavy (non-hydrogen) atoms. The average Bonchev–Trinajstić information content (AvgIpc) is 3.04. The molecule has 0 saturated carbocycles. The minimum absolute atomic E-state index is 0.0524. The number of carbonyl (C=O) groups excluding carboxylic acids is 3. The molecule has 0 radical (unpaired) electrons. The number of fused-ring (bicyclic) bond motifs is 1. The van der Waals surface area contributed by atoms with E-state index >= 15 is 0 Å². The Kier molecular flexibility index (Phi) is 10.2. The van der Waals surface area contributed by atoms with Crippen LogP contribution < -0.4 is 21.1 Å². The highest BCUT2D eigenvalue weighted by Crippen LogP contribution is 2.26. The summed E-state index contributed by atoms with van der Waals surface area (Å²) in [7, 11) is 0. The van der Waals surface area contributed by atoms with Crippen LogP contribution in [0.4, 0.5) is 16.4 Å². The first-order valence-corrected chi connectivity index (χ1v) is 15.6. The number of hydroxylamine groups is 2. The third-order valence-corrected chi connectivity index (χ3v) is 7.79. The molecule has 4 aromatic rings. The maximum Gasteiger partial charge on any atom is 0.417 e. The lowest BCUT2D eigenvalue weighted by Crippen LogP contribution is -2.49. The SMILES string of the molecule is CC(C)(C)OC(=O)N(c1ncc2cc(C(=O)Nc3cc(C(=O)N(O)CCc4ccccc4)ccc3Cl)c(=O)[nH]c2n1)C1CCNCC1. The molecule has 246 valence electrons. The van der Waals surface area contributed by atoms with Gasteiger partial charge in [0.1, 0.15) is 16.8 Å². The monoisotopic (exact) mass is 661 g/mol. The number of nitrogens with zero attached hydrogens (tertiary/aromatic N) is 4. The highest BCUT2D eigenvalue weighted by atomic mass is 35.5. The predicted octanol–water partition coefficient (Wildman–Crippen LogP) is 4.79. The first-order valence-electron chi connectivity index (χ1n) is 15.2. The molecule has 2 aromatic heterocycles. The Morgan fingerprint density at radius 1 is 1.09 bits per heavy atom. The fourth-order valence-electron chi connectivity index (χ4n) is 5.11. The second-order valence-corrected chi connectivity index (χ2v) is 12.5. The number of carbonyl (C=O) groups is 3. The number of benzene rings is 2. The van der Waals surface area contributed by atoms with Crippen molar-refractivity contribution in [1.82, 2.24) is 25.3 Å². The van der Waals surface area contributed by atoms with Crippen LogP contribution in [0.2, 0.25) is 5.02 Å². The van der Waals surface area contributed by atoms with Gasteiger partial charge < -0.3 is 20.4 Å². The highest BCUT2D eigenvalue weighted by Gasteiger charge is 2.33. The van der Waals surface area contributed by atoms with E-state index in [9.17, 15) is 24.4 Å². The van der Waals surface area contributed by atoms with Gasteiger partial charge >= 0.3 is 6.09 Å². The fraction of sp³-hybridized carbons (Fsp3) is 0.333. The molecule has 0 atom stereocenters. The molecule has 0 bridgehead atoms. The molecule has 1 fully saturated rings. The van der Waals surface area contributed by atoms with E-state index in [-0.39, 0.29) is 46.0 Å². The number of hydrogen-bond acceptors (Lipinski definition) is 9. The molecule has 2 aromatic carbocycles. The summed E-state index contributed by atoms with van der Waals surface area (Å²) in [5.41, 5.74) is -0.509. The summed E-state index contributed by atoms with van der Waals surface area (Å²) in [6.07, 6.45) is 2.58. The van der Waals surface area contributed by atoms with E-state index in [2.05, 4.69) is 25.6 Å². The first kappa shape index (κ1) is 33.5. The fourth-order valence-corrected chi connectivity index (χ4v) is 5.28. The van der Waals surface area contributed by atoms with Crippen molar-refractivity contribution < 1.29 is 24.3 Å². The lowest BCUT2D eigenvalue weighted by molar-refractivity contribution is -0.0571. The van der Waals surface area contributed by atoms with E-state index in [0.29, 0.717) is 42.8 Å². The van der Waals surface area contributed by atoms with Gasteiger partial charge in [-0.3, -0.25) is 19.6 Å². The Bertz CT molecular complexity index is 1840. The Balaban J connectivity index is 1.35. The number of aromatic nitrogens is 3. The van der Waals surface area contributed by atoms with E-state index in [1.165, 1.54) is 35.4 Å². The van der Waals surface area contributed by atoms with Crippen molar-refractivity contribution >= 4 is 52.2 Å². The highest BCUT2D eigenvalue weighted by molar-refractivity contribution is 6.34. The van der Waals surface area contributed by atoms with Gasteiger partial charge in [0.2, 0.25) is 5.95 Å². The van der Waals surface area contributed by atoms with Crippen LogP contribution in [0.25, 0.3) is 11.0 Å². The molecule has 3 amide bonds. The van der Waals surface area contributed by atoms with Crippen LogP contribution in [-0.4, -0.2) is 74.4 Å². The van der Waals surface area contributed by atoms with Gasteiger partial charge in [-0.15, -0.1) is 0 Å². The van der Waals surface area contributed by atoms with Crippen molar-refractivity contribution in [3.8, 4) is 0 Å². The van der Waals surface area contributed by atoms with E-state index < -0.39 is 29.1 Å². The van der Waals surface area contributed by atoms with Crippen molar-refractivity contribution in [3.63, 3.8) is 0 Å². The minimum atomic E-state index is -0.793. The van der Waals surface area contributed by atoms with Gasteiger partial charge in [-0.05, 0) is 83.0 Å². The van der Waals surface area contributed by atoms with Crippen LogP contribution in [0.15, 0.2) is 65.6 Å². The molecule has 1 aliphatic heterocycles. The Labute approximate surface area is 275 Å². The number of anilines is 2. The summed E-state index contributed by atoms with van der Waals surface area (Å²) in [5.74, 6) is -1.41. The zero-order chi connectivity index (χ0) is 33.7. The van der Waals surface area contributed by atoms with Crippen molar-refractivity contribution in [3.05, 3.63) is 92.9 Å². The van der Waals surface area contributed by atoms with Crippen molar-refractivity contribution in [1.29, 1.82) is 0 Å². The average molecular weight is 662 g/mol. The summed E-state index contributed by atoms with van der Waals surface area (Å²) in [6, 6.07) is 14.7. The third kappa shape index (κ3) is 8.30. The number of amides is 3. The zero-order valence-electron chi connectivity index (χ0n) is 26.2. The number of H-pyrrole nitrogens is 1. The maximum atomic E-state index is 13.3. The summed E-state index contributed by atoms with van der Waals surface area (Å²) >= 11 is 6.31. The second-order valence-electron chi connectivity index (χ2n) is 12.1. The van der Waals surface area contributed by atoms with E-state index in [1.807, 2.05) is 30.3 Å². The molecule has 13 nitrogen and oxygen atoms in total. The number of ether oxygens (including phenoxy) is 1. The quantitative estimate of drug-likeness (QED) is 0.153. The van der Waals surface area contributed by atoms with Gasteiger partial charge in [-0.25, -0.2) is 19.7 Å². The van der Waals surface area contributed by atoms with Crippen molar-refractivity contribution in [2.24, 2.45) is 0 Å². The topological polar surface area (TPSA) is 170 Å². The molecule has 4 N–H and O–H groups in total. The van der Waals surface area contributed by atoms with Gasteiger partial charge in [0.25, 0.3) is 17.4 Å². The van der Waals surface area contributed by atoms with Crippen LogP contribution in [0.5, 0.6) is 0 Å². The minimum Gasteiger partial charge on any atom is -0.443 e. The number of pyridine rings is 1. The number of halogens is 1. The number of piperidine rings is 1. The Morgan fingerprint density at radius 2 is 1.81 bits per heavy atom. The largest absolute Gasteiger partial charge is 0.443 e. The molecule has 5 rings (SSSR count). The number of aromatic amines is 1. The molecular formula is C33H36ClN7O6. The van der Waals surface area contributed by atoms with Crippen molar-refractivity contribution in [2.45, 2.75) is 51.7 Å². The second kappa shape index (κ2) is 14.3. The van der Waals surface area contributed by atoms with E-state index in [4.69, 9.17) is 16.3 Å². The number of hydrogen-bond donors (Lipinski definition) is 4. The maximum absolute atomic E-state index is 13.3. The zero-order valence-corrected chi connectivity index (χ0v) is 27.0. The van der Waals surface area contributed by atoms with Crippen LogP contribution in [0.1, 0.15) is 59.9 Å². The molecule has 1 saturated heterocycles. The molecule has 14 heteroatoms. The standard InChI is InChI=1S/C33H36ClN7O6/c1-33(2,3)47-32(45)41(23-11-14-35-15-12-23)31-36-19-22-17-24(29(43)38-27(22)39-31)28(42)37-26-18-21(9-10-25(26)34)30(44)40(46)16-13-20-7-5-4-6-8-20/h4-10,17-19,23,35,46H,11-16H2,1-3H3,(H,37,42)(H,36,38,39,43). The molecule has 1 aliphatic rings. The van der Waals surface area contributed by atoms with Crippen molar-refractivity contribution in [2.75, 3.05) is 29.9 Å². The summed E-state index contributed by atoms with van der Waals surface area (Å²) in [5, 5.41) is 17.3. The molecule has 0 unspecified atom stereocenters. The molecule has 3 heterocycles. The first-order chi connectivity index (χ1) is 22.4. The molecular weight excluding hydrogens is 626 g/mol. The lowest BCUT2D eigenvalue weighted by atomic mass is 10.1. The smallest absolute Gasteiger partial charge is 0.417 e. The summed E-state index contributed by atoms with van der Waals surface area (Å²) in [6.45, 7) is 6.78. The summed E-state index contributed by atoms with van der Waals surface area (Å²) < 4.78 is 5.64. The Hall–Kier alpha value is -4.85. The van der Waals surface area contributed by atoms with Gasteiger partial charge in [-0.1, -0.05) is 41.9 Å². The normalized spacial score (nSPS) is 13.6. The third-order valence-electron chi connectivity index (χ3n) is 7.46. The summed E-state index contributed by atoms with van der Waals surface area (Å²) in [4.78, 5) is 65.4. The molecule has 0 aliphatic carbocycles. The lowest BCUT2D eigenvalue weighted by Gasteiger charge is -2.34. The van der Waals surface area contributed by atoms with Crippen LogP contribution >= 0.6 is 11.6 Å². The van der Waals surface area contributed by atoms with E-state index in [1.54, 1.807) is 20.8 Å². The van der Waals surface area contributed by atoms with Gasteiger partial charge in [-0.2, -0.15) is 4.98 Å². The van der Waals surface area contributed by atoms with Crippen LogP contribution in [0.3, 0.4) is 0 Å². The van der Waals surface area contributed by atoms with Crippen LogP contribution in [-0.2, 0) is 11.2 Å². The van der Waals surface area contributed by atoms with E-state index in [0.717, 1.165) is 5.56 Å². The Morgan fingerprint density at radius 3 is 2.51 bits per heavy atom. The number of nitrogens with one attached hydrogen (secondary N) is 3. The van der Waals surface area contributed by atoms with Gasteiger partial charge in [0.15, 0.2) is 0 Å². The van der Waals surface area contributed by atoms with Gasteiger partial charge in [0, 0.05) is 23.2 Å². The van der Waals surface area contributed by atoms with Crippen LogP contribution in [0, 0.1) is 0 Å². The number of rotatable bonds is 8. The van der Waals surface area contributed by atoms with Gasteiger partial charge in [0.05, 0.1) is 17.3 Å². The molecule has 0 spiro atoms. The predicted molar refractivity (Wildman–Crippen MR) is 177 cm³/mol.